The number of aryl methyl sites for hydroxylation is 1. The first-order valence-corrected chi connectivity index (χ1v) is 11.9. The number of halogens is 2. The SMILES string of the molecule is COc1nc(-c2ccccc2Cl)cc2nc(-c3c(Cl)c(C(C)(C)C)nn3C)n(S(=O)(=O)O)c12. The van der Waals surface area contributed by atoms with Crippen molar-refractivity contribution in [2.24, 2.45) is 7.05 Å². The highest BCUT2D eigenvalue weighted by molar-refractivity contribution is 7.84. The van der Waals surface area contributed by atoms with E-state index in [1.54, 1.807) is 37.4 Å². The molecule has 0 atom stereocenters. The van der Waals surface area contributed by atoms with Crippen LogP contribution in [0.25, 0.3) is 33.8 Å². The first-order valence-electron chi connectivity index (χ1n) is 9.78. The zero-order valence-corrected chi connectivity index (χ0v) is 20.8. The number of fused-ring (bicyclic) bond motifs is 1. The summed E-state index contributed by atoms with van der Waals surface area (Å²) in [4.78, 5) is 8.93. The van der Waals surface area contributed by atoms with Gasteiger partial charge in [-0.2, -0.15) is 17.5 Å². The summed E-state index contributed by atoms with van der Waals surface area (Å²) >= 11 is 13.0. The Hall–Kier alpha value is -2.66. The summed E-state index contributed by atoms with van der Waals surface area (Å²) in [6, 6.07) is 8.62. The minimum absolute atomic E-state index is 0.0413. The van der Waals surface area contributed by atoms with Crippen LogP contribution >= 0.6 is 23.2 Å². The fraction of sp³-hybridized carbons (Fsp3) is 0.286. The molecule has 0 spiro atoms. The molecule has 0 saturated carbocycles. The average molecular weight is 510 g/mol. The number of nitrogens with zero attached hydrogens (tertiary/aromatic N) is 5. The van der Waals surface area contributed by atoms with E-state index < -0.39 is 15.7 Å². The maximum absolute atomic E-state index is 12.5. The second kappa shape index (κ2) is 7.98. The van der Waals surface area contributed by atoms with Crippen molar-refractivity contribution in [1.29, 1.82) is 0 Å². The van der Waals surface area contributed by atoms with Crippen LogP contribution in [0.2, 0.25) is 10.0 Å². The Bertz CT molecular complexity index is 1500. The Morgan fingerprint density at radius 2 is 1.79 bits per heavy atom. The molecule has 0 unspecified atom stereocenters. The van der Waals surface area contributed by atoms with Gasteiger partial charge < -0.3 is 4.74 Å². The third-order valence-electron chi connectivity index (χ3n) is 5.05. The molecule has 0 fully saturated rings. The van der Waals surface area contributed by atoms with E-state index in [0.29, 0.717) is 25.9 Å². The number of aromatic nitrogens is 5. The van der Waals surface area contributed by atoms with Gasteiger partial charge in [0.25, 0.3) is 0 Å². The number of imidazole rings is 1. The largest absolute Gasteiger partial charge is 0.479 e. The van der Waals surface area contributed by atoms with E-state index in [2.05, 4.69) is 15.1 Å². The van der Waals surface area contributed by atoms with E-state index in [1.807, 2.05) is 20.8 Å². The highest BCUT2D eigenvalue weighted by Gasteiger charge is 2.32. The molecule has 1 N–H and O–H groups in total. The average Bonchev–Trinajstić information content (AvgIpc) is 3.23. The van der Waals surface area contributed by atoms with E-state index in [4.69, 9.17) is 27.9 Å². The lowest BCUT2D eigenvalue weighted by molar-refractivity contribution is 0.402. The second-order valence-electron chi connectivity index (χ2n) is 8.43. The van der Waals surface area contributed by atoms with Crippen molar-refractivity contribution in [3.05, 3.63) is 46.1 Å². The molecule has 0 aliphatic rings. The maximum Gasteiger partial charge on any atom is 0.365 e. The highest BCUT2D eigenvalue weighted by atomic mass is 35.5. The van der Waals surface area contributed by atoms with Gasteiger partial charge in [-0.15, -0.1) is 0 Å². The van der Waals surface area contributed by atoms with Crippen molar-refractivity contribution in [2.45, 2.75) is 26.2 Å². The van der Waals surface area contributed by atoms with Gasteiger partial charge in [0, 0.05) is 23.0 Å². The summed E-state index contributed by atoms with van der Waals surface area (Å²) in [6.45, 7) is 5.79. The van der Waals surface area contributed by atoms with Crippen molar-refractivity contribution in [3.63, 3.8) is 0 Å². The first-order chi connectivity index (χ1) is 15.3. The topological polar surface area (TPSA) is 112 Å². The van der Waals surface area contributed by atoms with E-state index >= 15 is 0 Å². The zero-order valence-electron chi connectivity index (χ0n) is 18.5. The summed E-state index contributed by atoms with van der Waals surface area (Å²) in [5.41, 5.74) is 1.55. The lowest BCUT2D eigenvalue weighted by Gasteiger charge is -2.15. The number of ether oxygens (including phenoxy) is 1. The van der Waals surface area contributed by atoms with Gasteiger partial charge in [-0.3, -0.25) is 9.23 Å². The Morgan fingerprint density at radius 3 is 2.33 bits per heavy atom. The Labute approximate surface area is 200 Å². The van der Waals surface area contributed by atoms with E-state index in [9.17, 15) is 13.0 Å². The van der Waals surface area contributed by atoms with Crippen LogP contribution in [0.1, 0.15) is 26.5 Å². The molecular weight excluding hydrogens is 489 g/mol. The van der Waals surface area contributed by atoms with Gasteiger partial charge in [-0.25, -0.2) is 9.97 Å². The van der Waals surface area contributed by atoms with Crippen molar-refractivity contribution < 1.29 is 17.7 Å². The summed E-state index contributed by atoms with van der Waals surface area (Å²) < 4.78 is 42.6. The smallest absolute Gasteiger partial charge is 0.365 e. The number of methoxy groups -OCH3 is 1. The molecule has 0 saturated heterocycles. The molecule has 9 nitrogen and oxygen atoms in total. The van der Waals surface area contributed by atoms with Crippen LogP contribution in [-0.4, -0.2) is 43.8 Å². The zero-order chi connectivity index (χ0) is 24.3. The molecule has 0 radical (unpaired) electrons. The molecule has 0 bridgehead atoms. The highest BCUT2D eigenvalue weighted by Crippen LogP contribution is 2.40. The third-order valence-corrected chi connectivity index (χ3v) is 6.55. The van der Waals surface area contributed by atoms with Crippen LogP contribution in [0.4, 0.5) is 0 Å². The molecule has 0 aliphatic heterocycles. The van der Waals surface area contributed by atoms with Crippen molar-refractivity contribution in [1.82, 2.24) is 23.7 Å². The van der Waals surface area contributed by atoms with Gasteiger partial charge in [0.2, 0.25) is 5.88 Å². The Morgan fingerprint density at radius 1 is 1.12 bits per heavy atom. The standard InChI is InChI=1S/C21H21Cl2N5O4S/c1-21(2,3)18-15(23)17(27(4)26-18)19-24-14-10-13(11-8-6-7-9-12(11)22)25-20(32-5)16(14)28(19)33(29,30)31/h6-10H,1-5H3,(H,29,30,31). The van der Waals surface area contributed by atoms with Crippen molar-refractivity contribution in [2.75, 3.05) is 7.11 Å². The summed E-state index contributed by atoms with van der Waals surface area (Å²) in [7, 11) is -1.87. The van der Waals surface area contributed by atoms with Gasteiger partial charge in [-0.05, 0) is 12.1 Å². The van der Waals surface area contributed by atoms with Crippen LogP contribution in [0.15, 0.2) is 30.3 Å². The fourth-order valence-electron chi connectivity index (χ4n) is 3.59. The molecule has 4 aromatic rings. The fourth-order valence-corrected chi connectivity index (χ4v) is 5.10. The van der Waals surface area contributed by atoms with Gasteiger partial charge >= 0.3 is 10.3 Å². The predicted molar refractivity (Wildman–Crippen MR) is 127 cm³/mol. The number of rotatable bonds is 4. The quantitative estimate of drug-likeness (QED) is 0.394. The molecule has 0 aliphatic carbocycles. The predicted octanol–water partition coefficient (Wildman–Crippen LogP) is 4.76. The molecule has 4 rings (SSSR count). The lowest BCUT2D eigenvalue weighted by Crippen LogP contribution is -2.14. The van der Waals surface area contributed by atoms with Gasteiger partial charge in [0.1, 0.15) is 11.2 Å². The Balaban J connectivity index is 2.12. The molecule has 3 aromatic heterocycles. The van der Waals surface area contributed by atoms with E-state index in [-0.39, 0.29) is 33.5 Å². The van der Waals surface area contributed by atoms with Crippen molar-refractivity contribution >= 4 is 44.5 Å². The van der Waals surface area contributed by atoms with Crippen LogP contribution < -0.4 is 4.74 Å². The monoisotopic (exact) mass is 509 g/mol. The maximum atomic E-state index is 12.5. The molecule has 3 heterocycles. The number of pyridine rings is 1. The van der Waals surface area contributed by atoms with Gasteiger partial charge in [-0.1, -0.05) is 62.2 Å². The molecule has 12 heteroatoms. The Kier molecular flexibility index (Phi) is 5.68. The minimum atomic E-state index is -4.83. The second-order valence-corrected chi connectivity index (χ2v) is 10.5. The van der Waals surface area contributed by atoms with E-state index in [0.717, 1.165) is 0 Å². The summed E-state index contributed by atoms with van der Waals surface area (Å²) in [6.07, 6.45) is 0. The normalized spacial score (nSPS) is 12.5. The van der Waals surface area contributed by atoms with Gasteiger partial charge in [0.05, 0.1) is 29.0 Å². The van der Waals surface area contributed by atoms with Crippen molar-refractivity contribution in [3.8, 4) is 28.7 Å². The summed E-state index contributed by atoms with van der Waals surface area (Å²) in [5.74, 6) is -0.187. The van der Waals surface area contributed by atoms with Crippen LogP contribution in [0.5, 0.6) is 5.88 Å². The number of hydrogen-bond acceptors (Lipinski definition) is 6. The van der Waals surface area contributed by atoms with Crippen LogP contribution in [-0.2, 0) is 22.8 Å². The molecule has 0 amide bonds. The molecule has 33 heavy (non-hydrogen) atoms. The number of hydrogen-bond donors (Lipinski definition) is 1. The number of benzene rings is 1. The molecular formula is C21H21Cl2N5O4S. The lowest BCUT2D eigenvalue weighted by atomic mass is 9.92. The van der Waals surface area contributed by atoms with Crippen LogP contribution in [0.3, 0.4) is 0 Å². The third kappa shape index (κ3) is 3.97. The summed E-state index contributed by atoms with van der Waals surface area (Å²) in [5, 5.41) is 5.14. The molecule has 174 valence electrons. The molecule has 1 aromatic carbocycles. The first kappa shape index (κ1) is 23.5. The minimum Gasteiger partial charge on any atom is -0.479 e. The van der Waals surface area contributed by atoms with Gasteiger partial charge in [0.15, 0.2) is 5.82 Å². The van der Waals surface area contributed by atoms with Crippen LogP contribution in [0, 0.1) is 0 Å². The van der Waals surface area contributed by atoms with E-state index in [1.165, 1.54) is 11.8 Å².